The lowest BCUT2D eigenvalue weighted by Crippen LogP contribution is -2.42. The van der Waals surface area contributed by atoms with E-state index in [4.69, 9.17) is 5.11 Å². The average Bonchev–Trinajstić information content (AvgIpc) is 2.15. The van der Waals surface area contributed by atoms with Gasteiger partial charge in [-0.25, -0.2) is 4.79 Å². The molecule has 1 unspecified atom stereocenters. The highest BCUT2D eigenvalue weighted by Crippen LogP contribution is 2.05. The molecule has 6 nitrogen and oxygen atoms in total. The Morgan fingerprint density at radius 3 is 2.29 bits per heavy atom. The number of carbonyl (C=O) groups excluding carboxylic acids is 2. The first kappa shape index (κ1) is 15.4. The minimum atomic E-state index is -1.10. The highest BCUT2D eigenvalue weighted by Gasteiger charge is 2.22. The zero-order valence-corrected chi connectivity index (χ0v) is 10.4. The summed E-state index contributed by atoms with van der Waals surface area (Å²) < 4.78 is 4.59. The second kappa shape index (κ2) is 7.65. The maximum atomic E-state index is 11.3. The van der Waals surface area contributed by atoms with Crippen LogP contribution in [0.4, 0.5) is 0 Å². The van der Waals surface area contributed by atoms with E-state index in [9.17, 15) is 14.4 Å². The topological polar surface area (TPSA) is 92.7 Å². The molecular formula is C11H19NO5. The predicted molar refractivity (Wildman–Crippen MR) is 60.3 cm³/mol. The van der Waals surface area contributed by atoms with E-state index in [0.717, 1.165) is 0 Å². The van der Waals surface area contributed by atoms with Gasteiger partial charge >= 0.3 is 11.9 Å². The third kappa shape index (κ3) is 7.32. The van der Waals surface area contributed by atoms with Gasteiger partial charge in [0.25, 0.3) is 0 Å². The molecule has 0 radical (unpaired) electrons. The Hall–Kier alpha value is -1.59. The zero-order valence-electron chi connectivity index (χ0n) is 10.4. The van der Waals surface area contributed by atoms with Gasteiger partial charge in [0.15, 0.2) is 0 Å². The number of nitrogens with one attached hydrogen (secondary N) is 1. The van der Waals surface area contributed by atoms with Crippen molar-refractivity contribution in [3.05, 3.63) is 0 Å². The minimum Gasteiger partial charge on any atom is -0.480 e. The standard InChI is InChI=1S/C11H19NO5/c1-4-17-10(14)6-9(13)12-8(11(15)16)5-7(2)3/h7-8H,4-6H2,1-3H3,(H,12,13)(H,15,16). The lowest BCUT2D eigenvalue weighted by Gasteiger charge is -2.16. The summed E-state index contributed by atoms with van der Waals surface area (Å²) in [7, 11) is 0. The average molecular weight is 245 g/mol. The van der Waals surface area contributed by atoms with E-state index < -0.39 is 30.3 Å². The summed E-state index contributed by atoms with van der Waals surface area (Å²) in [6.45, 7) is 5.54. The monoisotopic (exact) mass is 245 g/mol. The number of amides is 1. The fourth-order valence-electron chi connectivity index (χ4n) is 1.28. The van der Waals surface area contributed by atoms with Gasteiger partial charge < -0.3 is 15.2 Å². The fraction of sp³-hybridized carbons (Fsp3) is 0.727. The van der Waals surface area contributed by atoms with E-state index in [0.29, 0.717) is 6.42 Å². The second-order valence-corrected chi connectivity index (χ2v) is 4.07. The molecule has 0 aromatic heterocycles. The van der Waals surface area contributed by atoms with Crippen molar-refractivity contribution in [2.75, 3.05) is 6.61 Å². The van der Waals surface area contributed by atoms with Crippen LogP contribution in [-0.2, 0) is 19.1 Å². The Morgan fingerprint density at radius 1 is 1.29 bits per heavy atom. The van der Waals surface area contributed by atoms with Crippen LogP contribution in [-0.4, -0.2) is 35.6 Å². The molecule has 0 aliphatic carbocycles. The van der Waals surface area contributed by atoms with Crippen LogP contribution in [0.3, 0.4) is 0 Å². The Morgan fingerprint density at radius 2 is 1.88 bits per heavy atom. The normalized spacial score (nSPS) is 12.0. The van der Waals surface area contributed by atoms with Crippen molar-refractivity contribution in [1.82, 2.24) is 5.32 Å². The molecular weight excluding hydrogens is 226 g/mol. The van der Waals surface area contributed by atoms with E-state index in [1.165, 1.54) is 0 Å². The SMILES string of the molecule is CCOC(=O)CC(=O)NC(CC(C)C)C(=O)O. The lowest BCUT2D eigenvalue weighted by atomic mass is 10.0. The molecule has 1 amide bonds. The molecule has 2 N–H and O–H groups in total. The molecule has 0 rings (SSSR count). The van der Waals surface area contributed by atoms with Crippen LogP contribution in [0.15, 0.2) is 0 Å². The molecule has 0 saturated heterocycles. The molecule has 0 aliphatic heterocycles. The smallest absolute Gasteiger partial charge is 0.326 e. The number of esters is 1. The highest BCUT2D eigenvalue weighted by atomic mass is 16.5. The van der Waals surface area contributed by atoms with E-state index in [1.807, 2.05) is 13.8 Å². The Labute approximate surface area is 100 Å². The minimum absolute atomic E-state index is 0.138. The van der Waals surface area contributed by atoms with Gasteiger partial charge in [-0.3, -0.25) is 9.59 Å². The number of hydrogen-bond donors (Lipinski definition) is 2. The first-order valence-corrected chi connectivity index (χ1v) is 5.54. The van der Waals surface area contributed by atoms with Crippen molar-refractivity contribution in [2.24, 2.45) is 5.92 Å². The molecule has 0 aromatic rings. The van der Waals surface area contributed by atoms with Crippen molar-refractivity contribution in [3.63, 3.8) is 0 Å². The van der Waals surface area contributed by atoms with Crippen LogP contribution < -0.4 is 5.32 Å². The van der Waals surface area contributed by atoms with Crippen LogP contribution in [0, 0.1) is 5.92 Å². The van der Waals surface area contributed by atoms with Crippen molar-refractivity contribution < 1.29 is 24.2 Å². The van der Waals surface area contributed by atoms with Crippen LogP contribution >= 0.6 is 0 Å². The molecule has 0 fully saturated rings. The summed E-state index contributed by atoms with van der Waals surface area (Å²) in [6, 6.07) is -0.961. The Bertz CT molecular complexity index is 288. The van der Waals surface area contributed by atoms with E-state index >= 15 is 0 Å². The van der Waals surface area contributed by atoms with Crippen molar-refractivity contribution in [2.45, 2.75) is 39.7 Å². The van der Waals surface area contributed by atoms with Gasteiger partial charge in [0.1, 0.15) is 12.5 Å². The Balaban J connectivity index is 4.21. The molecule has 0 saturated carbocycles. The fourth-order valence-corrected chi connectivity index (χ4v) is 1.28. The Kier molecular flexibility index (Phi) is 6.93. The van der Waals surface area contributed by atoms with Crippen LogP contribution in [0.25, 0.3) is 0 Å². The number of carboxylic acid groups (broad SMARTS) is 1. The van der Waals surface area contributed by atoms with Gasteiger partial charge in [-0.05, 0) is 19.3 Å². The number of hydrogen-bond acceptors (Lipinski definition) is 4. The van der Waals surface area contributed by atoms with Gasteiger partial charge in [-0.15, -0.1) is 0 Å². The highest BCUT2D eigenvalue weighted by molar-refractivity contribution is 5.95. The number of carbonyl (C=O) groups is 3. The molecule has 1 atom stereocenters. The summed E-state index contributed by atoms with van der Waals surface area (Å²) >= 11 is 0. The third-order valence-corrected chi connectivity index (χ3v) is 1.95. The molecule has 0 heterocycles. The van der Waals surface area contributed by atoms with E-state index in [1.54, 1.807) is 6.92 Å². The summed E-state index contributed by atoms with van der Waals surface area (Å²) in [5.74, 6) is -2.25. The lowest BCUT2D eigenvalue weighted by molar-refractivity contribution is -0.148. The summed E-state index contributed by atoms with van der Waals surface area (Å²) in [6.07, 6.45) is -0.125. The van der Waals surface area contributed by atoms with Crippen molar-refractivity contribution in [1.29, 1.82) is 0 Å². The number of carboxylic acids is 1. The largest absolute Gasteiger partial charge is 0.480 e. The van der Waals surface area contributed by atoms with Gasteiger partial charge in [-0.1, -0.05) is 13.8 Å². The maximum Gasteiger partial charge on any atom is 0.326 e. The molecule has 0 bridgehead atoms. The summed E-state index contributed by atoms with van der Waals surface area (Å²) in [5, 5.41) is 11.2. The van der Waals surface area contributed by atoms with E-state index in [2.05, 4.69) is 10.1 Å². The number of ether oxygens (including phenoxy) is 1. The van der Waals surface area contributed by atoms with Crippen LogP contribution in [0.5, 0.6) is 0 Å². The molecule has 0 spiro atoms. The quantitative estimate of drug-likeness (QED) is 0.505. The van der Waals surface area contributed by atoms with Crippen molar-refractivity contribution in [3.8, 4) is 0 Å². The van der Waals surface area contributed by atoms with Gasteiger partial charge in [0, 0.05) is 0 Å². The molecule has 17 heavy (non-hydrogen) atoms. The first-order valence-electron chi connectivity index (χ1n) is 5.54. The predicted octanol–water partition coefficient (Wildman–Crippen LogP) is 0.555. The molecule has 0 aromatic carbocycles. The zero-order chi connectivity index (χ0) is 13.4. The van der Waals surface area contributed by atoms with E-state index in [-0.39, 0.29) is 12.5 Å². The van der Waals surface area contributed by atoms with Gasteiger partial charge in [0.2, 0.25) is 5.91 Å². The summed E-state index contributed by atoms with van der Waals surface area (Å²) in [4.78, 5) is 33.2. The molecule has 98 valence electrons. The number of aliphatic carboxylic acids is 1. The second-order valence-electron chi connectivity index (χ2n) is 4.07. The maximum absolute atomic E-state index is 11.3. The van der Waals surface area contributed by atoms with Crippen molar-refractivity contribution >= 4 is 17.8 Å². The van der Waals surface area contributed by atoms with Gasteiger partial charge in [-0.2, -0.15) is 0 Å². The summed E-state index contributed by atoms with van der Waals surface area (Å²) in [5.41, 5.74) is 0. The van der Waals surface area contributed by atoms with Crippen LogP contribution in [0.1, 0.15) is 33.6 Å². The molecule has 0 aliphatic rings. The van der Waals surface area contributed by atoms with Gasteiger partial charge in [0.05, 0.1) is 6.61 Å². The first-order chi connectivity index (χ1) is 7.86. The third-order valence-electron chi connectivity index (χ3n) is 1.95. The van der Waals surface area contributed by atoms with Crippen LogP contribution in [0.2, 0.25) is 0 Å². The molecule has 6 heteroatoms. The number of rotatable bonds is 7.